The smallest absolute Gasteiger partial charge is 0.302 e. The monoisotopic (exact) mass is 396 g/mol. The number of piperidine rings is 4. The molecule has 4 unspecified atom stereocenters. The van der Waals surface area contributed by atoms with E-state index in [1.165, 1.54) is 6.92 Å². The molecule has 152 valence electrons. The summed E-state index contributed by atoms with van der Waals surface area (Å²) in [4.78, 5) is 24.2. The fourth-order valence-electron chi connectivity index (χ4n) is 8.20. The number of hydrogen-bond donors (Lipinski definition) is 0. The van der Waals surface area contributed by atoms with E-state index in [1.807, 2.05) is 19.2 Å². The molecule has 4 saturated heterocycles. The molecule has 0 aromatic heterocycles. The van der Waals surface area contributed by atoms with E-state index < -0.39 is 34.1 Å². The fraction of sp³-hybridized carbons (Fsp3) is 0.591. The number of carboxylic acid groups (broad SMARTS) is 1. The van der Waals surface area contributed by atoms with E-state index >= 15 is 0 Å². The van der Waals surface area contributed by atoms with Crippen molar-refractivity contribution in [2.75, 3.05) is 7.05 Å². The second kappa shape index (κ2) is 5.08. The maximum Gasteiger partial charge on any atom is 0.302 e. The number of quaternary nitrogens is 1. The van der Waals surface area contributed by atoms with Crippen LogP contribution < -0.4 is 5.11 Å². The molecule has 5 fully saturated rings. The highest BCUT2D eigenvalue weighted by atomic mass is 16.6. The summed E-state index contributed by atoms with van der Waals surface area (Å²) in [5.41, 5.74) is 2.65. The third-order valence-electron chi connectivity index (χ3n) is 8.87. The van der Waals surface area contributed by atoms with E-state index in [1.54, 1.807) is 6.92 Å². The average Bonchev–Trinajstić information content (AvgIpc) is 3.06. The average molecular weight is 396 g/mol. The van der Waals surface area contributed by atoms with E-state index in [-0.39, 0.29) is 29.9 Å². The molecule has 29 heavy (non-hydrogen) atoms. The highest BCUT2D eigenvalue weighted by molar-refractivity contribution is 6.02. The minimum atomic E-state index is -1.15. The van der Waals surface area contributed by atoms with Crippen LogP contribution in [0.15, 0.2) is 24.3 Å². The van der Waals surface area contributed by atoms with Crippen LogP contribution in [0, 0.1) is 23.0 Å². The lowest BCUT2D eigenvalue weighted by atomic mass is 9.61. The summed E-state index contributed by atoms with van der Waals surface area (Å²) in [5.74, 6) is -2.80. The van der Waals surface area contributed by atoms with Crippen LogP contribution in [-0.4, -0.2) is 58.1 Å². The number of carbonyl (C=O) groups excluding carboxylic acids is 2. The first-order valence-corrected chi connectivity index (χ1v) is 10.4. The number of ether oxygens (including phenoxy) is 1. The summed E-state index contributed by atoms with van der Waals surface area (Å²) in [6.07, 6.45) is 0.609. The molecule has 1 aromatic rings. The molecule has 1 aliphatic carbocycles. The zero-order valence-electron chi connectivity index (χ0n) is 16.7. The summed E-state index contributed by atoms with van der Waals surface area (Å²) >= 11 is 0. The standard InChI is InChI=1S/C22H24N2O5/c1-10-17(21(26)27)12-8-15-19-22(13-6-4-5-7-14(13)23(19)3)9-16(24(10,15)28)18(12)20(22)29-11(2)25/h4-7,10,12,15-18,20H,8-9H2,1-3H3/t10-,12?,15-,16+,17-,18?,20?,22+,24?/m0/s1. The predicted octanol–water partition coefficient (Wildman–Crippen LogP) is 0.458. The Balaban J connectivity index is 1.67. The Morgan fingerprint density at radius 2 is 2.03 bits per heavy atom. The van der Waals surface area contributed by atoms with E-state index in [9.17, 15) is 19.9 Å². The molecular formula is C22H24N2O5. The van der Waals surface area contributed by atoms with Gasteiger partial charge in [0, 0.05) is 31.4 Å². The van der Waals surface area contributed by atoms with Crippen molar-refractivity contribution in [2.24, 2.45) is 17.8 Å². The Labute approximate surface area is 168 Å². The lowest BCUT2D eigenvalue weighted by Gasteiger charge is -2.69. The van der Waals surface area contributed by atoms with Crippen LogP contribution >= 0.6 is 0 Å². The second-order valence-corrected chi connectivity index (χ2v) is 9.58. The van der Waals surface area contributed by atoms with E-state index in [2.05, 4.69) is 16.7 Å². The van der Waals surface area contributed by atoms with Gasteiger partial charge in [-0.15, -0.1) is 0 Å². The number of rotatable bonds is 2. The topological polar surface area (TPSA) is 92.5 Å². The summed E-state index contributed by atoms with van der Waals surface area (Å²) < 4.78 is 7.58. The van der Waals surface area contributed by atoms with Gasteiger partial charge in [-0.2, -0.15) is 4.58 Å². The van der Waals surface area contributed by atoms with Crippen molar-refractivity contribution >= 4 is 23.3 Å². The second-order valence-electron chi connectivity index (χ2n) is 9.58. The van der Waals surface area contributed by atoms with Gasteiger partial charge in [0.2, 0.25) is 11.4 Å². The largest absolute Gasteiger partial charge is 0.632 e. The van der Waals surface area contributed by atoms with Gasteiger partial charge in [-0.1, -0.05) is 18.2 Å². The molecule has 1 spiro atoms. The van der Waals surface area contributed by atoms with Gasteiger partial charge in [0.25, 0.3) is 0 Å². The molecule has 9 atom stereocenters. The number of hydrogen-bond acceptors (Lipinski definition) is 5. The molecule has 7 rings (SSSR count). The Morgan fingerprint density at radius 3 is 2.72 bits per heavy atom. The molecule has 5 bridgehead atoms. The van der Waals surface area contributed by atoms with Crippen LogP contribution in [0.3, 0.4) is 0 Å². The highest BCUT2D eigenvalue weighted by Crippen LogP contribution is 2.69. The van der Waals surface area contributed by atoms with Crippen molar-refractivity contribution < 1.29 is 28.7 Å². The Morgan fingerprint density at radius 1 is 1.31 bits per heavy atom. The summed E-state index contributed by atoms with van der Waals surface area (Å²) in [6.45, 7) is 3.17. The molecule has 0 N–H and O–H groups in total. The van der Waals surface area contributed by atoms with Gasteiger partial charge in [-0.25, -0.2) is 0 Å². The van der Waals surface area contributed by atoms with E-state index in [0.29, 0.717) is 12.8 Å². The molecule has 5 heterocycles. The molecule has 7 nitrogen and oxygen atoms in total. The molecule has 1 aromatic carbocycles. The predicted molar refractivity (Wildman–Crippen MR) is 99.9 cm³/mol. The molecule has 0 radical (unpaired) electrons. The van der Waals surface area contributed by atoms with Crippen LogP contribution in [0.5, 0.6) is 0 Å². The fourth-order valence-corrected chi connectivity index (χ4v) is 8.20. The normalized spacial score (nSPS) is 47.9. The van der Waals surface area contributed by atoms with Gasteiger partial charge in [0.1, 0.15) is 18.6 Å². The number of hydroxylamine groups is 3. The number of carbonyl (C=O) groups is 2. The summed E-state index contributed by atoms with van der Waals surface area (Å²) in [5, 5.41) is 26.5. The van der Waals surface area contributed by atoms with Crippen molar-refractivity contribution in [3.05, 3.63) is 35.0 Å². The third kappa shape index (κ3) is 1.65. The van der Waals surface area contributed by atoms with Crippen molar-refractivity contribution in [2.45, 2.75) is 56.3 Å². The molecule has 7 heteroatoms. The van der Waals surface area contributed by atoms with Crippen LogP contribution in [-0.2, 0) is 19.7 Å². The van der Waals surface area contributed by atoms with Gasteiger partial charge in [0.15, 0.2) is 6.04 Å². The molecular weight excluding hydrogens is 372 g/mol. The highest BCUT2D eigenvalue weighted by Gasteiger charge is 2.83. The maximum atomic E-state index is 14.5. The van der Waals surface area contributed by atoms with Crippen LogP contribution in [0.4, 0.5) is 5.69 Å². The minimum Gasteiger partial charge on any atom is -0.632 e. The number of fused-ring (bicyclic) bond motifs is 2. The van der Waals surface area contributed by atoms with Gasteiger partial charge in [0.05, 0.1) is 29.9 Å². The first-order valence-electron chi connectivity index (χ1n) is 10.4. The number of nitrogens with zero attached hydrogens (tertiary/aromatic N) is 2. The number of para-hydroxylation sites is 1. The third-order valence-corrected chi connectivity index (χ3v) is 8.87. The van der Waals surface area contributed by atoms with Gasteiger partial charge < -0.3 is 24.5 Å². The molecule has 5 aliphatic heterocycles. The van der Waals surface area contributed by atoms with Crippen molar-refractivity contribution in [3.8, 4) is 0 Å². The van der Waals surface area contributed by atoms with Gasteiger partial charge in [-0.05, 0) is 12.8 Å². The van der Waals surface area contributed by atoms with Crippen LogP contribution in [0.2, 0.25) is 0 Å². The zero-order valence-corrected chi connectivity index (χ0v) is 16.7. The maximum absolute atomic E-state index is 14.5. The van der Waals surface area contributed by atoms with Crippen molar-refractivity contribution in [1.82, 2.24) is 0 Å². The van der Waals surface area contributed by atoms with Gasteiger partial charge in [-0.3, -0.25) is 4.79 Å². The first kappa shape index (κ1) is 17.6. The lowest BCUT2D eigenvalue weighted by Crippen LogP contribution is -2.79. The molecule has 1 saturated carbocycles. The number of aliphatic carboxylic acids is 1. The number of carboxylic acids is 1. The zero-order chi connectivity index (χ0) is 20.5. The summed E-state index contributed by atoms with van der Waals surface area (Å²) in [6, 6.07) is 6.98. The minimum absolute atomic E-state index is 0.207. The molecule has 0 amide bonds. The number of esters is 1. The van der Waals surface area contributed by atoms with Crippen molar-refractivity contribution in [3.63, 3.8) is 0 Å². The van der Waals surface area contributed by atoms with Crippen LogP contribution in [0.1, 0.15) is 32.3 Å². The SMILES string of the molecule is CC(=O)OC1C2C3C[C@H]4C5=[N+](C)c6ccccc6[C@]51C[C@H]2[N+]4([O-])[C@@H](C)[C@@H]3C(=O)[O-]. The van der Waals surface area contributed by atoms with Crippen LogP contribution in [0.25, 0.3) is 0 Å². The quantitative estimate of drug-likeness (QED) is 0.313. The Hall–Kier alpha value is -2.25. The lowest BCUT2D eigenvalue weighted by molar-refractivity contribution is -0.968. The van der Waals surface area contributed by atoms with Crippen molar-refractivity contribution in [1.29, 1.82) is 0 Å². The van der Waals surface area contributed by atoms with E-state index in [4.69, 9.17) is 4.74 Å². The van der Waals surface area contributed by atoms with Gasteiger partial charge >= 0.3 is 5.97 Å². The number of benzene rings is 1. The summed E-state index contributed by atoms with van der Waals surface area (Å²) in [7, 11) is 1.99. The Kier molecular flexibility index (Phi) is 3.08. The first-order chi connectivity index (χ1) is 13.7. The molecule has 6 aliphatic rings. The Bertz CT molecular complexity index is 1020. The van der Waals surface area contributed by atoms with E-state index in [0.717, 1.165) is 17.0 Å².